The van der Waals surface area contributed by atoms with Crippen molar-refractivity contribution in [2.45, 2.75) is 79.4 Å². The molecule has 0 heterocycles. The number of nitrogens with one attached hydrogen (secondary N) is 1. The first-order chi connectivity index (χ1) is 20.2. The number of phosphoric acid groups is 1. The summed E-state index contributed by atoms with van der Waals surface area (Å²) in [7, 11) is -1.60. The zero-order valence-corrected chi connectivity index (χ0v) is 28.3. The molecule has 4 atom stereocenters. The average molecular weight is 649 g/mol. The van der Waals surface area contributed by atoms with Gasteiger partial charge in [0, 0.05) is 38.6 Å². The van der Waals surface area contributed by atoms with Crippen LogP contribution >= 0.6 is 7.82 Å². The molecule has 1 aromatic rings. The lowest BCUT2D eigenvalue weighted by atomic mass is 9.80. The first kappa shape index (κ1) is 41.8. The van der Waals surface area contributed by atoms with Crippen LogP contribution in [0.25, 0.3) is 0 Å². The van der Waals surface area contributed by atoms with Crippen molar-refractivity contribution in [3.8, 4) is 11.5 Å². The molecule has 2 amide bonds. The summed E-state index contributed by atoms with van der Waals surface area (Å²) in [6, 6.07) is 5.47. The number of hydrogen-bond donors (Lipinski definition) is 6. The quantitative estimate of drug-likeness (QED) is 0.0935. The summed E-state index contributed by atoms with van der Waals surface area (Å²) in [6.07, 6.45) is 1.56. The summed E-state index contributed by atoms with van der Waals surface area (Å²) in [5.41, 5.74) is 12.2. The maximum Gasteiger partial charge on any atom is 0.262 e. The van der Waals surface area contributed by atoms with Gasteiger partial charge >= 0.3 is 0 Å². The van der Waals surface area contributed by atoms with E-state index in [4.69, 9.17) is 44.9 Å². The molecule has 0 unspecified atom stereocenters. The molecule has 256 valence electrons. The van der Waals surface area contributed by atoms with E-state index in [-0.39, 0.29) is 30.7 Å². The number of hydrogen-bond acceptors (Lipinski definition) is 9. The number of benzene rings is 1. The minimum Gasteiger partial charge on any atom is -0.756 e. The van der Waals surface area contributed by atoms with Crippen molar-refractivity contribution in [1.29, 1.82) is 0 Å². The van der Waals surface area contributed by atoms with E-state index in [2.05, 4.69) is 19.2 Å². The average Bonchev–Trinajstić information content (AvgIpc) is 2.91. The lowest BCUT2D eigenvalue weighted by Crippen LogP contribution is -2.46. The van der Waals surface area contributed by atoms with E-state index in [9.17, 15) is 14.7 Å². The Labute approximate surface area is 262 Å². The Balaban J connectivity index is 0.00000340. The van der Waals surface area contributed by atoms with Gasteiger partial charge in [-0.05, 0) is 68.6 Å². The van der Waals surface area contributed by atoms with Gasteiger partial charge in [0.1, 0.15) is 0 Å². The van der Waals surface area contributed by atoms with Gasteiger partial charge in [-0.25, -0.2) is 0 Å². The van der Waals surface area contributed by atoms with Gasteiger partial charge in [0.2, 0.25) is 11.8 Å². The minimum atomic E-state index is -4.89. The second kappa shape index (κ2) is 20.0. The van der Waals surface area contributed by atoms with Gasteiger partial charge in [-0.1, -0.05) is 33.8 Å². The summed E-state index contributed by atoms with van der Waals surface area (Å²) in [6.45, 7) is 12.9. The van der Waals surface area contributed by atoms with Crippen LogP contribution in [-0.4, -0.2) is 72.8 Å². The number of ether oxygens (including phenoxy) is 3. The fourth-order valence-corrected chi connectivity index (χ4v) is 4.39. The van der Waals surface area contributed by atoms with Crippen molar-refractivity contribution < 1.29 is 48.2 Å². The molecule has 0 aromatic heterocycles. The topological polar surface area (TPSA) is 227 Å². The maximum absolute atomic E-state index is 12.9. The molecule has 0 saturated carbocycles. The lowest BCUT2D eigenvalue weighted by Gasteiger charge is -2.30. The fourth-order valence-electron chi connectivity index (χ4n) is 4.39. The number of nitrogens with two attached hydrogens (primary N) is 2. The molecule has 0 spiro atoms. The van der Waals surface area contributed by atoms with Crippen LogP contribution in [0.3, 0.4) is 0 Å². The molecule has 0 aliphatic rings. The highest BCUT2D eigenvalue weighted by Crippen LogP contribution is 2.32. The first-order valence-electron chi connectivity index (χ1n) is 14.8. The molecule has 0 aliphatic heterocycles. The summed E-state index contributed by atoms with van der Waals surface area (Å²) >= 11 is 0. The molecule has 0 fully saturated rings. The number of carbonyl (C=O) groups excluding carboxylic acids is 2. The van der Waals surface area contributed by atoms with E-state index >= 15 is 0 Å². The normalized spacial score (nSPS) is 14.7. The lowest BCUT2D eigenvalue weighted by molar-refractivity contribution is -0.214. The molecule has 0 radical (unpaired) electrons. The molecule has 0 saturated heterocycles. The fraction of sp³-hybridized carbons (Fsp3) is 0.733. The standard InChI is InChI=1S/C30H53N3O6.H3O4P/c1-19(2)22(14-21-10-11-26(38-8)27(15-21)39-13-9-12-37-7)16-24(31)25(34)17-23(20(3)4)28(35)33-18-30(5,6)29(32)36;1-5(2,3)4/h10-11,15,19-20,22-25,34H,9,12-14,16-18,31H2,1-8H3,(H2,32,36)(H,33,35);(H3,1,2,3,4)/p-1/t22-,23-,24-,25-;/m0./s1. The SMILES string of the molecule is COCCCOc1cc(C[C@@H](C[C@H](N)[C@@H](O)C[C@H](C(=O)NCC(C)(C)C(N)=O)C(C)C)C(C)C)ccc1OC.O=P([O-])(O)O. The van der Waals surface area contributed by atoms with Gasteiger partial charge in [0.15, 0.2) is 11.5 Å². The monoisotopic (exact) mass is 648 g/mol. The first-order valence-corrected chi connectivity index (χ1v) is 16.3. The Bertz CT molecular complexity index is 1040. The van der Waals surface area contributed by atoms with E-state index in [0.717, 1.165) is 18.4 Å². The molecule has 0 bridgehead atoms. The molecule has 8 N–H and O–H groups in total. The molecular formula is C30H55N3O10P-. The zero-order chi connectivity index (χ0) is 34.3. The summed E-state index contributed by atoms with van der Waals surface area (Å²) in [4.78, 5) is 47.5. The number of rotatable bonds is 19. The third-order valence-corrected chi connectivity index (χ3v) is 7.50. The zero-order valence-electron chi connectivity index (χ0n) is 27.4. The van der Waals surface area contributed by atoms with E-state index in [0.29, 0.717) is 37.1 Å². The van der Waals surface area contributed by atoms with Crippen LogP contribution in [-0.2, 0) is 25.3 Å². The third-order valence-electron chi connectivity index (χ3n) is 7.50. The Morgan fingerprint density at radius 2 is 1.64 bits per heavy atom. The van der Waals surface area contributed by atoms with Gasteiger partial charge in [-0.3, -0.25) is 14.2 Å². The van der Waals surface area contributed by atoms with Gasteiger partial charge in [0.25, 0.3) is 7.82 Å². The predicted molar refractivity (Wildman–Crippen MR) is 167 cm³/mol. The van der Waals surface area contributed by atoms with Crippen LogP contribution in [0.4, 0.5) is 0 Å². The van der Waals surface area contributed by atoms with Crippen molar-refractivity contribution in [3.05, 3.63) is 23.8 Å². The van der Waals surface area contributed by atoms with Crippen LogP contribution in [0, 0.1) is 29.1 Å². The highest BCUT2D eigenvalue weighted by Gasteiger charge is 2.32. The second-order valence-electron chi connectivity index (χ2n) is 12.4. The molecule has 44 heavy (non-hydrogen) atoms. The highest BCUT2D eigenvalue weighted by molar-refractivity contribution is 7.43. The van der Waals surface area contributed by atoms with Crippen molar-refractivity contribution in [1.82, 2.24) is 5.32 Å². The summed E-state index contributed by atoms with van der Waals surface area (Å²) in [5, 5.41) is 13.9. The van der Waals surface area contributed by atoms with Crippen molar-refractivity contribution in [3.63, 3.8) is 0 Å². The van der Waals surface area contributed by atoms with Gasteiger partial charge in [-0.15, -0.1) is 0 Å². The second-order valence-corrected chi connectivity index (χ2v) is 13.4. The molecule has 13 nitrogen and oxygen atoms in total. The summed E-state index contributed by atoms with van der Waals surface area (Å²) < 4.78 is 25.3. The largest absolute Gasteiger partial charge is 0.756 e. The van der Waals surface area contributed by atoms with Crippen molar-refractivity contribution >= 4 is 19.6 Å². The molecule has 14 heteroatoms. The van der Waals surface area contributed by atoms with Gasteiger partial charge in [-0.2, -0.15) is 0 Å². The number of carbonyl (C=O) groups is 2. The molecular weight excluding hydrogens is 593 g/mol. The van der Waals surface area contributed by atoms with E-state index in [1.54, 1.807) is 28.1 Å². The van der Waals surface area contributed by atoms with E-state index in [1.807, 2.05) is 32.0 Å². The van der Waals surface area contributed by atoms with E-state index in [1.165, 1.54) is 0 Å². The summed E-state index contributed by atoms with van der Waals surface area (Å²) in [5.74, 6) is 0.792. The Morgan fingerprint density at radius 1 is 1.05 bits per heavy atom. The Kier molecular flexibility index (Phi) is 19.0. The Hall–Kier alpha value is -2.25. The van der Waals surface area contributed by atoms with Crippen LogP contribution in [0.1, 0.15) is 66.4 Å². The smallest absolute Gasteiger partial charge is 0.262 e. The van der Waals surface area contributed by atoms with Gasteiger partial charge < -0.3 is 50.8 Å². The minimum absolute atomic E-state index is 0.00829. The molecule has 0 aliphatic carbocycles. The van der Waals surface area contributed by atoms with Crippen molar-refractivity contribution in [2.75, 3.05) is 34.0 Å². The van der Waals surface area contributed by atoms with Gasteiger partial charge in [0.05, 0.1) is 25.2 Å². The van der Waals surface area contributed by atoms with Crippen LogP contribution in [0.5, 0.6) is 11.5 Å². The third kappa shape index (κ3) is 17.3. The van der Waals surface area contributed by atoms with Crippen LogP contribution < -0.4 is 31.2 Å². The van der Waals surface area contributed by atoms with E-state index < -0.39 is 37.2 Å². The highest BCUT2D eigenvalue weighted by atomic mass is 31.2. The predicted octanol–water partition coefficient (Wildman–Crippen LogP) is 1.73. The van der Waals surface area contributed by atoms with Crippen molar-refractivity contribution in [2.24, 2.45) is 40.6 Å². The number of aliphatic hydroxyl groups is 1. The number of aliphatic hydroxyl groups excluding tert-OH is 1. The van der Waals surface area contributed by atoms with Crippen LogP contribution in [0.2, 0.25) is 0 Å². The number of primary amides is 1. The number of amides is 2. The van der Waals surface area contributed by atoms with Crippen LogP contribution in [0.15, 0.2) is 18.2 Å². The molecule has 1 rings (SSSR count). The number of methoxy groups -OCH3 is 2. The molecule has 1 aromatic carbocycles. The maximum atomic E-state index is 12.9. The Morgan fingerprint density at radius 3 is 2.11 bits per heavy atom.